The molecule has 0 saturated heterocycles. The maximum Gasteiger partial charge on any atom is 0.161 e. The lowest BCUT2D eigenvalue weighted by Gasteiger charge is -2.19. The van der Waals surface area contributed by atoms with E-state index < -0.39 is 0 Å². The SMILES string of the molecule is CCNC(c1cnc2ccsc2c1)c1c(OC)cnn1C. The topological polar surface area (TPSA) is 52.0 Å². The van der Waals surface area contributed by atoms with Crippen LogP contribution in [0.1, 0.15) is 24.2 Å². The van der Waals surface area contributed by atoms with Crippen molar-refractivity contribution < 1.29 is 4.74 Å². The molecule has 1 atom stereocenters. The third kappa shape index (κ3) is 2.52. The predicted octanol–water partition coefficient (Wildman–Crippen LogP) is 2.74. The van der Waals surface area contributed by atoms with E-state index in [9.17, 15) is 0 Å². The molecule has 1 N–H and O–H groups in total. The monoisotopic (exact) mass is 302 g/mol. The average molecular weight is 302 g/mol. The van der Waals surface area contributed by atoms with Crippen LogP contribution in [0.2, 0.25) is 0 Å². The van der Waals surface area contributed by atoms with Crippen molar-refractivity contribution in [2.75, 3.05) is 13.7 Å². The van der Waals surface area contributed by atoms with Crippen molar-refractivity contribution in [1.29, 1.82) is 0 Å². The third-order valence-electron chi connectivity index (χ3n) is 3.51. The van der Waals surface area contributed by atoms with Gasteiger partial charge in [0.25, 0.3) is 0 Å². The van der Waals surface area contributed by atoms with Gasteiger partial charge < -0.3 is 10.1 Å². The quantitative estimate of drug-likeness (QED) is 0.787. The summed E-state index contributed by atoms with van der Waals surface area (Å²) in [7, 11) is 3.60. The lowest BCUT2D eigenvalue weighted by atomic mass is 10.0. The van der Waals surface area contributed by atoms with Crippen LogP contribution in [0.25, 0.3) is 10.2 Å². The zero-order chi connectivity index (χ0) is 14.8. The molecule has 0 aromatic carbocycles. The van der Waals surface area contributed by atoms with Crippen molar-refractivity contribution in [3.05, 3.63) is 41.2 Å². The van der Waals surface area contributed by atoms with Gasteiger partial charge in [0.15, 0.2) is 5.75 Å². The summed E-state index contributed by atoms with van der Waals surface area (Å²) in [6, 6.07) is 4.24. The van der Waals surface area contributed by atoms with Gasteiger partial charge in [0.05, 0.1) is 29.6 Å². The number of aromatic nitrogens is 3. The molecule has 0 aliphatic carbocycles. The zero-order valence-electron chi connectivity index (χ0n) is 12.3. The Bertz CT molecular complexity index is 749. The van der Waals surface area contributed by atoms with Gasteiger partial charge in [-0.1, -0.05) is 6.92 Å². The van der Waals surface area contributed by atoms with E-state index in [1.807, 2.05) is 24.0 Å². The van der Waals surface area contributed by atoms with Gasteiger partial charge in [0.2, 0.25) is 0 Å². The summed E-state index contributed by atoms with van der Waals surface area (Å²) >= 11 is 1.70. The second kappa shape index (κ2) is 5.83. The van der Waals surface area contributed by atoms with Crippen LogP contribution >= 0.6 is 11.3 Å². The second-order valence-corrected chi connectivity index (χ2v) is 5.73. The molecule has 0 fully saturated rings. The zero-order valence-corrected chi connectivity index (χ0v) is 13.1. The lowest BCUT2D eigenvalue weighted by Crippen LogP contribution is -2.24. The van der Waals surface area contributed by atoms with Crippen molar-refractivity contribution in [3.8, 4) is 5.75 Å². The van der Waals surface area contributed by atoms with Crippen molar-refractivity contribution in [2.24, 2.45) is 7.05 Å². The molecule has 0 spiro atoms. The fourth-order valence-corrected chi connectivity index (χ4v) is 3.30. The van der Waals surface area contributed by atoms with Crippen LogP contribution in [0.4, 0.5) is 0 Å². The summed E-state index contributed by atoms with van der Waals surface area (Å²) in [5.74, 6) is 0.787. The van der Waals surface area contributed by atoms with Crippen LogP contribution in [0, 0.1) is 0 Å². The molecule has 5 nitrogen and oxygen atoms in total. The Morgan fingerprint density at radius 2 is 2.29 bits per heavy atom. The first-order valence-corrected chi connectivity index (χ1v) is 7.75. The number of ether oxygens (including phenoxy) is 1. The van der Waals surface area contributed by atoms with Crippen molar-refractivity contribution >= 4 is 21.6 Å². The number of hydrogen-bond donors (Lipinski definition) is 1. The summed E-state index contributed by atoms with van der Waals surface area (Å²) in [4.78, 5) is 4.54. The molecule has 0 aliphatic rings. The minimum absolute atomic E-state index is 0.0106. The van der Waals surface area contributed by atoms with Crippen LogP contribution < -0.4 is 10.1 Å². The third-order valence-corrected chi connectivity index (χ3v) is 4.36. The highest BCUT2D eigenvalue weighted by molar-refractivity contribution is 7.17. The highest BCUT2D eigenvalue weighted by Gasteiger charge is 2.22. The highest BCUT2D eigenvalue weighted by Crippen LogP contribution is 2.31. The van der Waals surface area contributed by atoms with E-state index in [0.717, 1.165) is 29.1 Å². The first-order chi connectivity index (χ1) is 10.2. The Kier molecular flexibility index (Phi) is 3.90. The van der Waals surface area contributed by atoms with E-state index in [4.69, 9.17) is 4.74 Å². The summed E-state index contributed by atoms with van der Waals surface area (Å²) < 4.78 is 8.49. The molecule has 110 valence electrons. The highest BCUT2D eigenvalue weighted by atomic mass is 32.1. The van der Waals surface area contributed by atoms with Gasteiger partial charge in [-0.2, -0.15) is 5.10 Å². The first-order valence-electron chi connectivity index (χ1n) is 6.87. The standard InChI is InChI=1S/C15H18N4OS/c1-4-16-14(15-12(20-3)9-18-19(15)2)10-7-13-11(17-8-10)5-6-21-13/h5-9,14,16H,4H2,1-3H3. The average Bonchev–Trinajstić information content (AvgIpc) is 3.10. The molecular formula is C15H18N4OS. The summed E-state index contributed by atoms with van der Waals surface area (Å²) in [6.07, 6.45) is 3.67. The molecule has 0 radical (unpaired) electrons. The Balaban J connectivity index is 2.10. The number of aryl methyl sites for hydroxylation is 1. The Morgan fingerprint density at radius 1 is 1.43 bits per heavy atom. The van der Waals surface area contributed by atoms with Gasteiger partial charge in [0, 0.05) is 13.2 Å². The molecule has 3 rings (SSSR count). The molecule has 21 heavy (non-hydrogen) atoms. The van der Waals surface area contributed by atoms with E-state index in [1.54, 1.807) is 24.6 Å². The fraction of sp³-hybridized carbons (Fsp3) is 0.333. The molecule has 0 amide bonds. The van der Waals surface area contributed by atoms with E-state index in [-0.39, 0.29) is 6.04 Å². The molecule has 3 heterocycles. The molecule has 1 unspecified atom stereocenters. The maximum absolute atomic E-state index is 5.45. The largest absolute Gasteiger partial charge is 0.493 e. The van der Waals surface area contributed by atoms with Gasteiger partial charge in [-0.25, -0.2) is 0 Å². The normalized spacial score (nSPS) is 12.7. The number of pyridine rings is 1. The van der Waals surface area contributed by atoms with Crippen LogP contribution in [-0.4, -0.2) is 28.4 Å². The van der Waals surface area contributed by atoms with E-state index in [2.05, 4.69) is 33.8 Å². The van der Waals surface area contributed by atoms with Gasteiger partial charge >= 0.3 is 0 Å². The number of nitrogens with zero attached hydrogens (tertiary/aromatic N) is 3. The molecule has 0 aliphatic heterocycles. The van der Waals surface area contributed by atoms with E-state index in [0.29, 0.717) is 0 Å². The Hall–Kier alpha value is -1.92. The van der Waals surface area contributed by atoms with E-state index >= 15 is 0 Å². The van der Waals surface area contributed by atoms with Crippen LogP contribution in [0.5, 0.6) is 5.75 Å². The number of fused-ring (bicyclic) bond motifs is 1. The van der Waals surface area contributed by atoms with Crippen molar-refractivity contribution in [2.45, 2.75) is 13.0 Å². The van der Waals surface area contributed by atoms with E-state index in [1.165, 1.54) is 4.70 Å². The molecule has 0 saturated carbocycles. The van der Waals surface area contributed by atoms with Gasteiger partial charge in [-0.15, -0.1) is 11.3 Å². The minimum Gasteiger partial charge on any atom is -0.493 e. The summed E-state index contributed by atoms with van der Waals surface area (Å²) in [6.45, 7) is 2.94. The van der Waals surface area contributed by atoms with Crippen molar-refractivity contribution in [3.63, 3.8) is 0 Å². The minimum atomic E-state index is 0.0106. The summed E-state index contributed by atoms with van der Waals surface area (Å²) in [5.41, 5.74) is 3.17. The number of methoxy groups -OCH3 is 1. The smallest absolute Gasteiger partial charge is 0.161 e. The lowest BCUT2D eigenvalue weighted by molar-refractivity contribution is 0.401. The number of hydrogen-bond acceptors (Lipinski definition) is 5. The maximum atomic E-state index is 5.45. The second-order valence-electron chi connectivity index (χ2n) is 4.79. The Morgan fingerprint density at radius 3 is 3.05 bits per heavy atom. The van der Waals surface area contributed by atoms with Gasteiger partial charge in [-0.05, 0) is 29.6 Å². The number of thiophene rings is 1. The van der Waals surface area contributed by atoms with Gasteiger partial charge in [0.1, 0.15) is 5.69 Å². The Labute approximate surface area is 127 Å². The molecule has 6 heteroatoms. The van der Waals surface area contributed by atoms with Gasteiger partial charge in [-0.3, -0.25) is 9.67 Å². The number of rotatable bonds is 5. The van der Waals surface area contributed by atoms with Crippen LogP contribution in [-0.2, 0) is 7.05 Å². The molecule has 3 aromatic rings. The molecule has 0 bridgehead atoms. The number of nitrogens with one attached hydrogen (secondary N) is 1. The summed E-state index contributed by atoms with van der Waals surface area (Å²) in [5, 5.41) is 9.86. The van der Waals surface area contributed by atoms with Crippen LogP contribution in [0.3, 0.4) is 0 Å². The van der Waals surface area contributed by atoms with Crippen LogP contribution in [0.15, 0.2) is 29.9 Å². The van der Waals surface area contributed by atoms with Crippen molar-refractivity contribution in [1.82, 2.24) is 20.1 Å². The fourth-order valence-electron chi connectivity index (χ4n) is 2.51. The molecular weight excluding hydrogens is 284 g/mol. The first kappa shape index (κ1) is 14.0. The predicted molar refractivity (Wildman–Crippen MR) is 84.9 cm³/mol. The molecule has 3 aromatic heterocycles.